The second-order valence-corrected chi connectivity index (χ2v) is 6.10. The summed E-state index contributed by atoms with van der Waals surface area (Å²) >= 11 is 5.58. The summed E-state index contributed by atoms with van der Waals surface area (Å²) in [4.78, 5) is 2.21. The number of hydrogen-bond donors (Lipinski definition) is 1. The third-order valence-electron chi connectivity index (χ3n) is 4.09. The van der Waals surface area contributed by atoms with E-state index in [9.17, 15) is 5.11 Å². The van der Waals surface area contributed by atoms with Crippen LogP contribution in [0.1, 0.15) is 19.8 Å². The van der Waals surface area contributed by atoms with Crippen molar-refractivity contribution < 1.29 is 5.11 Å². The Morgan fingerprint density at radius 2 is 2.09 bits per heavy atom. The molecule has 1 aliphatic heterocycles. The number of aliphatic hydroxyl groups excluding tert-OH is 1. The molecule has 2 aromatic rings. The van der Waals surface area contributed by atoms with E-state index >= 15 is 0 Å². The van der Waals surface area contributed by atoms with Gasteiger partial charge < -0.3 is 9.67 Å². The Kier molecular flexibility index (Phi) is 4.71. The van der Waals surface area contributed by atoms with Crippen molar-refractivity contribution in [1.29, 1.82) is 0 Å². The number of nitrogens with zero attached hydrogens (tertiary/aromatic N) is 4. The highest BCUT2D eigenvalue weighted by Crippen LogP contribution is 2.19. The van der Waals surface area contributed by atoms with Crippen LogP contribution >= 0.6 is 12.2 Å². The highest BCUT2D eigenvalue weighted by atomic mass is 32.1. The van der Waals surface area contributed by atoms with E-state index in [0.717, 1.165) is 42.1 Å². The van der Waals surface area contributed by atoms with Crippen LogP contribution in [0.2, 0.25) is 0 Å². The topological polar surface area (TPSA) is 46.2 Å². The molecule has 1 aliphatic rings. The van der Waals surface area contributed by atoms with Gasteiger partial charge in [0, 0.05) is 25.2 Å². The van der Waals surface area contributed by atoms with Gasteiger partial charge in [0.05, 0.1) is 12.8 Å². The van der Waals surface area contributed by atoms with Gasteiger partial charge in [-0.15, -0.1) is 0 Å². The summed E-state index contributed by atoms with van der Waals surface area (Å²) in [5.74, 6) is 0.908. The van der Waals surface area contributed by atoms with Crippen molar-refractivity contribution in [3.05, 3.63) is 35.1 Å². The van der Waals surface area contributed by atoms with Crippen molar-refractivity contribution in [2.24, 2.45) is 0 Å². The molecule has 2 heterocycles. The maximum atomic E-state index is 9.81. The zero-order chi connectivity index (χ0) is 15.5. The molecule has 1 aromatic heterocycles. The Morgan fingerprint density at radius 3 is 2.77 bits per heavy atom. The molecular weight excluding hydrogens is 296 g/mol. The lowest BCUT2D eigenvalue weighted by molar-refractivity contribution is 0.0513. The zero-order valence-electron chi connectivity index (χ0n) is 12.9. The molecule has 6 heteroatoms. The van der Waals surface area contributed by atoms with Crippen molar-refractivity contribution in [2.45, 2.75) is 39.1 Å². The van der Waals surface area contributed by atoms with Crippen molar-refractivity contribution in [3.63, 3.8) is 0 Å². The average molecular weight is 318 g/mol. The lowest BCUT2D eigenvalue weighted by atomic mass is 10.1. The van der Waals surface area contributed by atoms with Crippen LogP contribution in [0.3, 0.4) is 0 Å². The Hall–Kier alpha value is -1.50. The summed E-state index contributed by atoms with van der Waals surface area (Å²) in [5, 5.41) is 14.5. The molecule has 0 aliphatic carbocycles. The van der Waals surface area contributed by atoms with Gasteiger partial charge in [0.15, 0.2) is 10.6 Å². The third kappa shape index (κ3) is 3.14. The van der Waals surface area contributed by atoms with Gasteiger partial charge in [-0.1, -0.05) is 30.3 Å². The molecule has 1 fully saturated rings. The van der Waals surface area contributed by atoms with E-state index in [1.165, 1.54) is 0 Å². The third-order valence-corrected chi connectivity index (χ3v) is 4.52. The summed E-state index contributed by atoms with van der Waals surface area (Å²) in [6.45, 7) is 5.20. The molecule has 0 amide bonds. The number of piperidine rings is 1. The largest absolute Gasteiger partial charge is 0.392 e. The quantitative estimate of drug-likeness (QED) is 0.880. The number of β-amino-alcohol motifs (C(OH)–C–C–N with tert-alkyl or cyclic N) is 1. The molecule has 0 radical (unpaired) electrons. The SMILES string of the molecule is CCn1c(-c2ccccc2)nn(CN2CCC[C@H](O)C2)c1=S. The minimum atomic E-state index is -0.232. The summed E-state index contributed by atoms with van der Waals surface area (Å²) in [6, 6.07) is 10.1. The van der Waals surface area contributed by atoms with Crippen LogP contribution in [0.5, 0.6) is 0 Å². The van der Waals surface area contributed by atoms with Gasteiger partial charge in [-0.05, 0) is 32.0 Å². The smallest absolute Gasteiger partial charge is 0.199 e. The van der Waals surface area contributed by atoms with Crippen LogP contribution < -0.4 is 0 Å². The Labute approximate surface area is 135 Å². The molecule has 0 saturated carbocycles. The van der Waals surface area contributed by atoms with Gasteiger partial charge in [-0.3, -0.25) is 4.90 Å². The second-order valence-electron chi connectivity index (χ2n) is 5.73. The standard InChI is InChI=1S/C16H22N4OS/c1-2-19-15(13-7-4-3-5-8-13)17-20(16(19)22)12-18-10-6-9-14(21)11-18/h3-5,7-8,14,21H,2,6,9-12H2,1H3/t14-/m0/s1. The van der Waals surface area contributed by atoms with Crippen molar-refractivity contribution >= 4 is 12.2 Å². The van der Waals surface area contributed by atoms with E-state index in [1.54, 1.807) is 0 Å². The predicted octanol–water partition coefficient (Wildman–Crippen LogP) is 2.52. The normalized spacial score (nSPS) is 19.5. The molecule has 5 nitrogen and oxygen atoms in total. The van der Waals surface area contributed by atoms with E-state index in [1.807, 2.05) is 22.9 Å². The fourth-order valence-electron chi connectivity index (χ4n) is 2.97. The van der Waals surface area contributed by atoms with E-state index < -0.39 is 0 Å². The highest BCUT2D eigenvalue weighted by Gasteiger charge is 2.19. The Bertz CT molecular complexity index is 679. The Balaban J connectivity index is 1.89. The van der Waals surface area contributed by atoms with Crippen LogP contribution in [0.25, 0.3) is 11.4 Å². The van der Waals surface area contributed by atoms with Gasteiger partial charge in [0.2, 0.25) is 0 Å². The molecule has 118 valence electrons. The van der Waals surface area contributed by atoms with Crippen LogP contribution in [0.15, 0.2) is 30.3 Å². The van der Waals surface area contributed by atoms with Gasteiger partial charge >= 0.3 is 0 Å². The molecule has 1 N–H and O–H groups in total. The van der Waals surface area contributed by atoms with Crippen LogP contribution in [-0.4, -0.2) is 43.5 Å². The van der Waals surface area contributed by atoms with Crippen LogP contribution in [0.4, 0.5) is 0 Å². The van der Waals surface area contributed by atoms with Gasteiger partial charge in [0.25, 0.3) is 0 Å². The molecule has 1 atom stereocenters. The summed E-state index contributed by atoms with van der Waals surface area (Å²) in [6.07, 6.45) is 1.68. The predicted molar refractivity (Wildman–Crippen MR) is 89.0 cm³/mol. The summed E-state index contributed by atoms with van der Waals surface area (Å²) in [7, 11) is 0. The van der Waals surface area contributed by atoms with Crippen LogP contribution in [-0.2, 0) is 13.2 Å². The molecule has 1 aromatic carbocycles. The monoisotopic (exact) mass is 318 g/mol. The maximum Gasteiger partial charge on any atom is 0.199 e. The minimum absolute atomic E-state index is 0.232. The zero-order valence-corrected chi connectivity index (χ0v) is 13.7. The summed E-state index contributed by atoms with van der Waals surface area (Å²) < 4.78 is 4.67. The molecule has 0 bridgehead atoms. The fraction of sp³-hybridized carbons (Fsp3) is 0.500. The van der Waals surface area contributed by atoms with Gasteiger partial charge in [0.1, 0.15) is 0 Å². The molecule has 1 saturated heterocycles. The highest BCUT2D eigenvalue weighted by molar-refractivity contribution is 7.71. The van der Waals surface area contributed by atoms with Crippen molar-refractivity contribution in [1.82, 2.24) is 19.2 Å². The van der Waals surface area contributed by atoms with Crippen LogP contribution in [0, 0.1) is 4.77 Å². The average Bonchev–Trinajstić information content (AvgIpc) is 2.84. The molecule has 0 spiro atoms. The van der Waals surface area contributed by atoms with Gasteiger partial charge in [-0.2, -0.15) is 5.10 Å². The number of aromatic nitrogens is 3. The number of benzene rings is 1. The van der Waals surface area contributed by atoms with E-state index in [2.05, 4.69) is 28.5 Å². The van der Waals surface area contributed by atoms with E-state index in [4.69, 9.17) is 17.3 Å². The molecule has 22 heavy (non-hydrogen) atoms. The molecule has 0 unspecified atom stereocenters. The Morgan fingerprint density at radius 1 is 1.32 bits per heavy atom. The summed E-state index contributed by atoms with van der Waals surface area (Å²) in [5.41, 5.74) is 1.08. The minimum Gasteiger partial charge on any atom is -0.392 e. The maximum absolute atomic E-state index is 9.81. The number of hydrogen-bond acceptors (Lipinski definition) is 4. The first-order valence-corrected chi connectivity index (χ1v) is 8.23. The number of likely N-dealkylation sites (tertiary alicyclic amines) is 1. The first kappa shape index (κ1) is 15.4. The number of rotatable bonds is 4. The first-order chi connectivity index (χ1) is 10.7. The lowest BCUT2D eigenvalue weighted by Gasteiger charge is -2.29. The molecular formula is C16H22N4OS. The number of aliphatic hydroxyl groups is 1. The fourth-order valence-corrected chi connectivity index (χ4v) is 3.28. The van der Waals surface area contributed by atoms with Crippen molar-refractivity contribution in [3.8, 4) is 11.4 Å². The van der Waals surface area contributed by atoms with E-state index in [-0.39, 0.29) is 6.10 Å². The second kappa shape index (κ2) is 6.73. The molecule has 3 rings (SSSR count). The van der Waals surface area contributed by atoms with Gasteiger partial charge in [-0.25, -0.2) is 4.68 Å². The van der Waals surface area contributed by atoms with E-state index in [0.29, 0.717) is 13.2 Å². The lowest BCUT2D eigenvalue weighted by Crippen LogP contribution is -2.39. The first-order valence-electron chi connectivity index (χ1n) is 7.82. The van der Waals surface area contributed by atoms with Crippen molar-refractivity contribution in [2.75, 3.05) is 13.1 Å².